The lowest BCUT2D eigenvalue weighted by atomic mass is 9.98. The monoisotopic (exact) mass is 558 g/mol. The molecule has 9 heteroatoms. The van der Waals surface area contributed by atoms with Crippen LogP contribution in [0, 0.1) is 0 Å². The van der Waals surface area contributed by atoms with Gasteiger partial charge >= 0.3 is 5.97 Å². The Morgan fingerprint density at radius 2 is 1.42 bits per heavy atom. The smallest absolute Gasteiger partial charge is 0.303 e. The normalized spacial score (nSPS) is 25.8. The van der Waals surface area contributed by atoms with Gasteiger partial charge in [-0.15, -0.1) is 0 Å². The zero-order valence-corrected chi connectivity index (χ0v) is 20.1. The SMILES string of the molecule is CC(=O)O[C@H]1[C@H](OCc2ccccc2)[C@@H](OCc2ccccc2)[C@@H](OBr)O[C@@H]1COBr. The van der Waals surface area contributed by atoms with E-state index >= 15 is 0 Å². The fraction of sp³-hybridized carbons (Fsp3) is 0.409. The molecule has 0 aliphatic carbocycles. The third-order valence-electron chi connectivity index (χ3n) is 4.78. The minimum Gasteiger partial charge on any atom is -0.457 e. The molecule has 0 spiro atoms. The van der Waals surface area contributed by atoms with Crippen LogP contribution in [0.5, 0.6) is 0 Å². The Labute approximate surface area is 198 Å². The highest BCUT2D eigenvalue weighted by Gasteiger charge is 2.50. The van der Waals surface area contributed by atoms with Crippen LogP contribution in [0.3, 0.4) is 0 Å². The molecule has 1 aliphatic heterocycles. The highest BCUT2D eigenvalue weighted by molar-refractivity contribution is 9.06. The van der Waals surface area contributed by atoms with Gasteiger partial charge < -0.3 is 22.8 Å². The number of esters is 1. The molecule has 0 aromatic heterocycles. The first-order valence-corrected chi connectivity index (χ1v) is 11.1. The van der Waals surface area contributed by atoms with Crippen LogP contribution in [0.15, 0.2) is 60.7 Å². The van der Waals surface area contributed by atoms with Crippen LogP contribution < -0.4 is 0 Å². The van der Waals surface area contributed by atoms with Gasteiger partial charge in [-0.2, -0.15) is 0 Å². The number of ether oxygens (including phenoxy) is 4. The molecule has 1 heterocycles. The lowest BCUT2D eigenvalue weighted by Gasteiger charge is -2.44. The Bertz CT molecular complexity index is 793. The van der Waals surface area contributed by atoms with Crippen molar-refractivity contribution in [1.82, 2.24) is 0 Å². The molecule has 0 saturated carbocycles. The summed E-state index contributed by atoms with van der Waals surface area (Å²) in [6, 6.07) is 19.4. The van der Waals surface area contributed by atoms with E-state index in [4.69, 9.17) is 26.6 Å². The third kappa shape index (κ3) is 7.08. The van der Waals surface area contributed by atoms with E-state index in [0.717, 1.165) is 11.1 Å². The van der Waals surface area contributed by atoms with Crippen LogP contribution in [0.2, 0.25) is 0 Å². The molecule has 1 aliphatic rings. The van der Waals surface area contributed by atoms with Gasteiger partial charge in [0.05, 0.1) is 36.1 Å². The maximum absolute atomic E-state index is 11.9. The van der Waals surface area contributed by atoms with Crippen molar-refractivity contribution in [3.05, 3.63) is 71.8 Å². The molecule has 0 amide bonds. The van der Waals surface area contributed by atoms with Gasteiger partial charge in [0, 0.05) is 6.92 Å². The molecule has 3 rings (SSSR count). The molecule has 2 aromatic carbocycles. The summed E-state index contributed by atoms with van der Waals surface area (Å²) in [7, 11) is 0. The largest absolute Gasteiger partial charge is 0.457 e. The Hall–Kier alpha value is -1.33. The molecule has 7 nitrogen and oxygen atoms in total. The lowest BCUT2D eigenvalue weighted by Crippen LogP contribution is -2.61. The Morgan fingerprint density at radius 3 is 1.90 bits per heavy atom. The van der Waals surface area contributed by atoms with E-state index in [1.807, 2.05) is 60.7 Å². The molecule has 1 saturated heterocycles. The summed E-state index contributed by atoms with van der Waals surface area (Å²) in [4.78, 5) is 11.9. The van der Waals surface area contributed by atoms with Crippen molar-refractivity contribution in [3.63, 3.8) is 0 Å². The highest BCUT2D eigenvalue weighted by Crippen LogP contribution is 2.31. The summed E-state index contributed by atoms with van der Waals surface area (Å²) < 4.78 is 34.4. The van der Waals surface area contributed by atoms with Gasteiger partial charge in [0.25, 0.3) is 0 Å². The van der Waals surface area contributed by atoms with E-state index in [1.165, 1.54) is 6.92 Å². The maximum Gasteiger partial charge on any atom is 0.303 e. The fourth-order valence-electron chi connectivity index (χ4n) is 3.38. The van der Waals surface area contributed by atoms with Gasteiger partial charge in [-0.05, 0) is 11.1 Å². The zero-order valence-electron chi connectivity index (χ0n) is 16.9. The second-order valence-corrected chi connectivity index (χ2v) is 7.84. The first kappa shape index (κ1) is 24.3. The topological polar surface area (TPSA) is 72.5 Å². The average Bonchev–Trinajstić information content (AvgIpc) is 2.79. The molecule has 1 fully saturated rings. The minimum atomic E-state index is -0.816. The van der Waals surface area contributed by atoms with Gasteiger partial charge in [-0.1, -0.05) is 60.7 Å². The quantitative estimate of drug-likeness (QED) is 0.398. The molecule has 5 atom stereocenters. The number of halogens is 2. The van der Waals surface area contributed by atoms with Crippen molar-refractivity contribution in [3.8, 4) is 0 Å². The molecular weight excluding hydrogens is 536 g/mol. The van der Waals surface area contributed by atoms with Crippen LogP contribution in [0.4, 0.5) is 0 Å². The van der Waals surface area contributed by atoms with E-state index in [0.29, 0.717) is 13.2 Å². The molecule has 168 valence electrons. The number of carbonyl (C=O) groups excluding carboxylic acids is 1. The number of hydrogen-bond acceptors (Lipinski definition) is 7. The lowest BCUT2D eigenvalue weighted by molar-refractivity contribution is -0.296. The second kappa shape index (κ2) is 12.6. The summed E-state index contributed by atoms with van der Waals surface area (Å²) in [6.45, 7) is 2.05. The molecule has 0 bridgehead atoms. The van der Waals surface area contributed by atoms with Crippen molar-refractivity contribution < 1.29 is 31.4 Å². The predicted octanol–water partition coefficient (Wildman–Crippen LogP) is 4.47. The molecule has 0 unspecified atom stereocenters. The summed E-state index contributed by atoms with van der Waals surface area (Å²) in [5.74, 6) is -0.457. The van der Waals surface area contributed by atoms with E-state index < -0.39 is 36.7 Å². The van der Waals surface area contributed by atoms with Gasteiger partial charge in [0.1, 0.15) is 34.6 Å². The first-order valence-electron chi connectivity index (χ1n) is 9.77. The van der Waals surface area contributed by atoms with Crippen molar-refractivity contribution in [2.45, 2.75) is 50.8 Å². The van der Waals surface area contributed by atoms with E-state index in [-0.39, 0.29) is 6.61 Å². The first-order chi connectivity index (χ1) is 15.1. The van der Waals surface area contributed by atoms with E-state index in [2.05, 4.69) is 32.5 Å². The van der Waals surface area contributed by atoms with Crippen molar-refractivity contribution >= 4 is 38.5 Å². The zero-order chi connectivity index (χ0) is 22.1. The molecule has 0 radical (unpaired) electrons. The van der Waals surface area contributed by atoms with Crippen molar-refractivity contribution in [2.75, 3.05) is 6.61 Å². The molecular formula is C22H24Br2O7. The number of rotatable bonds is 10. The standard InChI is InChI=1S/C22H24Br2O7/c1-15(25)29-19-18(14-28-23)30-22(31-24)21(27-13-17-10-6-3-7-11-17)20(19)26-12-16-8-4-2-5-9-16/h2-11,18-22H,12-14H2,1H3/t18-,19-,20+,21-,22-/m1/s1. The van der Waals surface area contributed by atoms with Gasteiger partial charge in [0.2, 0.25) is 0 Å². The van der Waals surface area contributed by atoms with Crippen molar-refractivity contribution in [2.24, 2.45) is 0 Å². The van der Waals surface area contributed by atoms with Crippen molar-refractivity contribution in [1.29, 1.82) is 0 Å². The fourth-order valence-corrected chi connectivity index (χ4v) is 3.94. The van der Waals surface area contributed by atoms with Crippen LogP contribution in [0.25, 0.3) is 0 Å². The third-order valence-corrected chi connectivity index (χ3v) is 5.41. The molecule has 31 heavy (non-hydrogen) atoms. The average molecular weight is 560 g/mol. The maximum atomic E-state index is 11.9. The Morgan fingerprint density at radius 1 is 0.871 bits per heavy atom. The van der Waals surface area contributed by atoms with Crippen LogP contribution in [-0.4, -0.2) is 43.3 Å². The number of carbonyl (C=O) groups is 1. The van der Waals surface area contributed by atoms with Gasteiger partial charge in [-0.25, -0.2) is 0 Å². The summed E-state index contributed by atoms with van der Waals surface area (Å²) in [5.41, 5.74) is 1.95. The highest BCUT2D eigenvalue weighted by atomic mass is 79.9. The van der Waals surface area contributed by atoms with Crippen LogP contribution in [0.1, 0.15) is 18.1 Å². The van der Waals surface area contributed by atoms with E-state index in [9.17, 15) is 4.79 Å². The summed E-state index contributed by atoms with van der Waals surface area (Å²) >= 11 is 5.98. The Balaban J connectivity index is 1.84. The predicted molar refractivity (Wildman–Crippen MR) is 119 cm³/mol. The summed E-state index contributed by atoms with van der Waals surface area (Å²) in [6.07, 6.45) is -3.57. The van der Waals surface area contributed by atoms with E-state index in [1.54, 1.807) is 0 Å². The summed E-state index contributed by atoms with van der Waals surface area (Å²) in [5, 5.41) is 0. The molecule has 0 N–H and O–H groups in total. The minimum absolute atomic E-state index is 0.113. The Kier molecular flexibility index (Phi) is 9.92. The van der Waals surface area contributed by atoms with Crippen LogP contribution >= 0.6 is 32.5 Å². The molecule has 2 aromatic rings. The van der Waals surface area contributed by atoms with Crippen LogP contribution in [-0.2, 0) is 44.6 Å². The number of hydrogen-bond donors (Lipinski definition) is 0. The second-order valence-electron chi connectivity index (χ2n) is 7.00. The van der Waals surface area contributed by atoms with Gasteiger partial charge in [-0.3, -0.25) is 8.62 Å². The number of benzene rings is 2. The van der Waals surface area contributed by atoms with Gasteiger partial charge in [0.15, 0.2) is 12.4 Å².